The Balaban J connectivity index is 2.01. The van der Waals surface area contributed by atoms with Crippen molar-refractivity contribution in [3.63, 3.8) is 0 Å². The summed E-state index contributed by atoms with van der Waals surface area (Å²) in [5.41, 5.74) is 3.71. The van der Waals surface area contributed by atoms with Crippen LogP contribution in [0.15, 0.2) is 18.3 Å². The number of rotatable bonds is 3. The van der Waals surface area contributed by atoms with Gasteiger partial charge in [-0.15, -0.1) is 0 Å². The highest BCUT2D eigenvalue weighted by Gasteiger charge is 2.23. The van der Waals surface area contributed by atoms with E-state index in [1.165, 1.54) is 6.42 Å². The molecule has 5 nitrogen and oxygen atoms in total. The lowest BCUT2D eigenvalue weighted by molar-refractivity contribution is 0.0753. The van der Waals surface area contributed by atoms with Gasteiger partial charge in [0.2, 0.25) is 0 Å². The van der Waals surface area contributed by atoms with Crippen molar-refractivity contribution < 1.29 is 4.79 Å². The Morgan fingerprint density at radius 1 is 1.40 bits per heavy atom. The van der Waals surface area contributed by atoms with E-state index in [4.69, 9.17) is 5.84 Å². The highest BCUT2D eigenvalue weighted by molar-refractivity contribution is 5.92. The molecule has 0 radical (unpaired) electrons. The number of amides is 1. The molecule has 1 aromatic rings. The zero-order chi connectivity index (χ0) is 14.5. The van der Waals surface area contributed by atoms with E-state index in [2.05, 4.69) is 24.3 Å². The van der Waals surface area contributed by atoms with Crippen LogP contribution in [0.3, 0.4) is 0 Å². The number of pyridine rings is 1. The van der Waals surface area contributed by atoms with Gasteiger partial charge in [0, 0.05) is 13.1 Å². The summed E-state index contributed by atoms with van der Waals surface area (Å²) in [5, 5.41) is 0. The zero-order valence-corrected chi connectivity index (χ0v) is 12.3. The smallest absolute Gasteiger partial charge is 0.272 e. The van der Waals surface area contributed by atoms with Crippen LogP contribution in [0, 0.1) is 11.8 Å². The fourth-order valence-corrected chi connectivity index (χ4v) is 2.76. The third-order valence-electron chi connectivity index (χ3n) is 4.15. The summed E-state index contributed by atoms with van der Waals surface area (Å²) in [4.78, 5) is 18.5. The van der Waals surface area contributed by atoms with Crippen LogP contribution in [0.1, 0.15) is 43.6 Å². The van der Waals surface area contributed by atoms with Gasteiger partial charge in [-0.3, -0.25) is 10.6 Å². The van der Waals surface area contributed by atoms with Gasteiger partial charge in [0.05, 0.1) is 11.9 Å². The maximum absolute atomic E-state index is 12.4. The molecule has 0 aromatic carbocycles. The molecule has 110 valence electrons. The first kappa shape index (κ1) is 14.8. The number of likely N-dealkylation sites (tertiary alicyclic amines) is 1. The number of nitrogens with one attached hydrogen (secondary N) is 1. The topological polar surface area (TPSA) is 71.2 Å². The molecule has 5 heteroatoms. The Hall–Kier alpha value is -1.62. The third kappa shape index (κ3) is 3.48. The van der Waals surface area contributed by atoms with Gasteiger partial charge in [-0.25, -0.2) is 4.98 Å². The van der Waals surface area contributed by atoms with E-state index in [1.807, 2.05) is 4.90 Å². The van der Waals surface area contributed by atoms with Gasteiger partial charge < -0.3 is 10.3 Å². The second kappa shape index (κ2) is 6.70. The van der Waals surface area contributed by atoms with Gasteiger partial charge in [-0.2, -0.15) is 0 Å². The monoisotopic (exact) mass is 276 g/mol. The number of nitrogen functional groups attached to an aromatic ring is 1. The number of hydrazine groups is 1. The average Bonchev–Trinajstić information content (AvgIpc) is 2.72. The van der Waals surface area contributed by atoms with Crippen LogP contribution in [-0.4, -0.2) is 28.9 Å². The van der Waals surface area contributed by atoms with Gasteiger partial charge in [-0.05, 0) is 43.2 Å². The molecule has 1 aliphatic rings. The molecule has 1 aromatic heterocycles. The third-order valence-corrected chi connectivity index (χ3v) is 4.15. The van der Waals surface area contributed by atoms with Crippen LogP contribution in [0.5, 0.6) is 0 Å². The Morgan fingerprint density at radius 2 is 2.20 bits per heavy atom. The Kier molecular flexibility index (Phi) is 4.95. The zero-order valence-electron chi connectivity index (χ0n) is 12.3. The summed E-state index contributed by atoms with van der Waals surface area (Å²) in [6, 6.07) is 3.50. The molecule has 1 fully saturated rings. The number of carbonyl (C=O) groups is 1. The highest BCUT2D eigenvalue weighted by atomic mass is 16.2. The molecule has 2 rings (SSSR count). The van der Waals surface area contributed by atoms with Gasteiger partial charge in [0.15, 0.2) is 0 Å². The minimum Gasteiger partial charge on any atom is -0.337 e. The summed E-state index contributed by atoms with van der Waals surface area (Å²) in [6.45, 7) is 6.20. The van der Waals surface area contributed by atoms with Gasteiger partial charge in [0.25, 0.3) is 5.91 Å². The van der Waals surface area contributed by atoms with Gasteiger partial charge in [0.1, 0.15) is 5.69 Å². The van der Waals surface area contributed by atoms with Crippen molar-refractivity contribution in [3.05, 3.63) is 24.0 Å². The van der Waals surface area contributed by atoms with Crippen LogP contribution in [0.4, 0.5) is 5.69 Å². The highest BCUT2D eigenvalue weighted by Crippen LogP contribution is 2.25. The molecule has 3 N–H and O–H groups in total. The van der Waals surface area contributed by atoms with Crippen LogP contribution in [-0.2, 0) is 0 Å². The first-order valence-corrected chi connectivity index (χ1v) is 7.33. The molecule has 1 amide bonds. The first-order chi connectivity index (χ1) is 9.61. The number of nitrogens with zero attached hydrogens (tertiary/aromatic N) is 2. The van der Waals surface area contributed by atoms with Crippen LogP contribution < -0.4 is 11.3 Å². The van der Waals surface area contributed by atoms with E-state index in [1.54, 1.807) is 18.3 Å². The quantitative estimate of drug-likeness (QED) is 0.656. The van der Waals surface area contributed by atoms with Crippen molar-refractivity contribution in [2.75, 3.05) is 18.5 Å². The number of hydrogen-bond acceptors (Lipinski definition) is 4. The minimum absolute atomic E-state index is 0.0259. The normalized spacial score (nSPS) is 19.8. The number of aromatic nitrogens is 1. The van der Waals surface area contributed by atoms with E-state index in [-0.39, 0.29) is 5.91 Å². The fraction of sp³-hybridized carbons (Fsp3) is 0.600. The summed E-state index contributed by atoms with van der Waals surface area (Å²) in [7, 11) is 0. The van der Waals surface area contributed by atoms with Crippen molar-refractivity contribution in [3.8, 4) is 0 Å². The van der Waals surface area contributed by atoms with Crippen LogP contribution >= 0.6 is 0 Å². The molecule has 2 heterocycles. The lowest BCUT2D eigenvalue weighted by Crippen LogP contribution is -2.32. The summed E-state index contributed by atoms with van der Waals surface area (Å²) >= 11 is 0. The number of anilines is 1. The largest absolute Gasteiger partial charge is 0.337 e. The van der Waals surface area contributed by atoms with Crippen LogP contribution in [0.25, 0.3) is 0 Å². The lowest BCUT2D eigenvalue weighted by Gasteiger charge is -2.21. The molecule has 1 unspecified atom stereocenters. The summed E-state index contributed by atoms with van der Waals surface area (Å²) in [5.74, 6) is 6.74. The van der Waals surface area contributed by atoms with Crippen LogP contribution in [0.2, 0.25) is 0 Å². The van der Waals surface area contributed by atoms with E-state index >= 15 is 0 Å². The Labute approximate surface area is 120 Å². The molecular formula is C15H24N4O. The number of hydrogen-bond donors (Lipinski definition) is 2. The number of carbonyl (C=O) groups excluding carboxylic acids is 1. The van der Waals surface area contributed by atoms with Gasteiger partial charge in [-0.1, -0.05) is 13.8 Å². The van der Waals surface area contributed by atoms with Gasteiger partial charge >= 0.3 is 0 Å². The van der Waals surface area contributed by atoms with E-state index in [0.717, 1.165) is 31.8 Å². The second-order valence-corrected chi connectivity index (χ2v) is 5.80. The first-order valence-electron chi connectivity index (χ1n) is 7.33. The van der Waals surface area contributed by atoms with Crippen molar-refractivity contribution in [1.82, 2.24) is 9.88 Å². The average molecular weight is 276 g/mol. The predicted octanol–water partition coefficient (Wildman–Crippen LogP) is 2.27. The fourth-order valence-electron chi connectivity index (χ4n) is 2.76. The molecule has 1 aliphatic heterocycles. The van der Waals surface area contributed by atoms with Crippen molar-refractivity contribution >= 4 is 11.6 Å². The maximum Gasteiger partial charge on any atom is 0.272 e. The Morgan fingerprint density at radius 3 is 2.80 bits per heavy atom. The molecule has 20 heavy (non-hydrogen) atoms. The predicted molar refractivity (Wildman–Crippen MR) is 80.1 cm³/mol. The van der Waals surface area contributed by atoms with Crippen molar-refractivity contribution in [1.29, 1.82) is 0 Å². The molecule has 0 saturated carbocycles. The number of nitrogens with two attached hydrogens (primary N) is 1. The summed E-state index contributed by atoms with van der Waals surface area (Å²) in [6.07, 6.45) is 4.97. The maximum atomic E-state index is 12.4. The van der Waals surface area contributed by atoms with Crippen molar-refractivity contribution in [2.24, 2.45) is 17.7 Å². The molecular weight excluding hydrogens is 252 g/mol. The minimum atomic E-state index is 0.0259. The molecule has 1 atom stereocenters. The van der Waals surface area contributed by atoms with E-state index in [9.17, 15) is 4.79 Å². The summed E-state index contributed by atoms with van der Waals surface area (Å²) < 4.78 is 0. The second-order valence-electron chi connectivity index (χ2n) is 5.80. The molecule has 0 bridgehead atoms. The standard InChI is InChI=1S/C15H24N4O/c1-11(2)12-4-3-8-19(9-7-12)15(20)14-6-5-13(18-16)10-17-14/h5-6,10-12,18H,3-4,7-9,16H2,1-2H3. The molecule has 1 saturated heterocycles. The SMILES string of the molecule is CC(C)C1CCCN(C(=O)c2ccc(NN)cn2)CC1. The van der Waals surface area contributed by atoms with E-state index < -0.39 is 0 Å². The van der Waals surface area contributed by atoms with E-state index in [0.29, 0.717) is 17.3 Å². The van der Waals surface area contributed by atoms with Crippen molar-refractivity contribution in [2.45, 2.75) is 33.1 Å². The Bertz CT molecular complexity index is 444. The molecule has 0 aliphatic carbocycles. The molecule has 0 spiro atoms. The lowest BCUT2D eigenvalue weighted by atomic mass is 9.89.